The SMILES string of the molecule is NNc1nc(SCc2ccccc2Cl)c2ccsc2n1. The maximum absolute atomic E-state index is 6.17. The Morgan fingerprint density at radius 2 is 2.10 bits per heavy atom. The molecular formula is C13H11ClN4S2. The number of benzene rings is 1. The summed E-state index contributed by atoms with van der Waals surface area (Å²) in [4.78, 5) is 9.66. The second kappa shape index (κ2) is 5.97. The third kappa shape index (κ3) is 2.73. The molecule has 0 radical (unpaired) electrons. The van der Waals surface area contributed by atoms with E-state index in [2.05, 4.69) is 15.4 Å². The molecule has 0 bridgehead atoms. The predicted molar refractivity (Wildman–Crippen MR) is 86.2 cm³/mol. The second-order valence-electron chi connectivity index (χ2n) is 4.02. The minimum absolute atomic E-state index is 0.432. The molecule has 0 saturated carbocycles. The number of nitrogens with two attached hydrogens (primary N) is 1. The first kappa shape index (κ1) is 13.6. The van der Waals surface area contributed by atoms with E-state index in [-0.39, 0.29) is 0 Å². The minimum atomic E-state index is 0.432. The number of anilines is 1. The van der Waals surface area contributed by atoms with Crippen molar-refractivity contribution in [2.75, 3.05) is 5.43 Å². The standard InChI is InChI=1S/C13H11ClN4S2/c14-10-4-2-1-3-8(10)7-20-12-9-5-6-19-11(9)16-13(17-12)18-15/h1-6H,7,15H2,(H,16,17,18). The van der Waals surface area contributed by atoms with Crippen molar-refractivity contribution in [2.24, 2.45) is 5.84 Å². The van der Waals surface area contributed by atoms with Gasteiger partial charge in [0.1, 0.15) is 9.86 Å². The summed E-state index contributed by atoms with van der Waals surface area (Å²) in [6.45, 7) is 0. The van der Waals surface area contributed by atoms with Crippen LogP contribution in [0.2, 0.25) is 5.02 Å². The molecule has 0 atom stereocenters. The molecule has 102 valence electrons. The first-order chi connectivity index (χ1) is 9.78. The van der Waals surface area contributed by atoms with E-state index in [9.17, 15) is 0 Å². The number of hydrogen-bond donors (Lipinski definition) is 2. The zero-order valence-electron chi connectivity index (χ0n) is 10.3. The van der Waals surface area contributed by atoms with Crippen molar-refractivity contribution in [3.63, 3.8) is 0 Å². The van der Waals surface area contributed by atoms with Gasteiger partial charge in [-0.25, -0.2) is 15.8 Å². The third-order valence-electron chi connectivity index (χ3n) is 2.74. The normalized spacial score (nSPS) is 10.9. The number of nitrogen functional groups attached to an aromatic ring is 1. The average Bonchev–Trinajstić information content (AvgIpc) is 2.94. The van der Waals surface area contributed by atoms with Crippen molar-refractivity contribution in [1.82, 2.24) is 9.97 Å². The summed E-state index contributed by atoms with van der Waals surface area (Å²) in [7, 11) is 0. The van der Waals surface area contributed by atoms with Gasteiger partial charge in [-0.3, -0.25) is 5.43 Å². The van der Waals surface area contributed by atoms with Crippen LogP contribution in [0.5, 0.6) is 0 Å². The zero-order valence-corrected chi connectivity index (χ0v) is 12.7. The van der Waals surface area contributed by atoms with Crippen LogP contribution in [-0.2, 0) is 5.75 Å². The Balaban J connectivity index is 1.90. The van der Waals surface area contributed by atoms with E-state index in [4.69, 9.17) is 17.4 Å². The first-order valence-corrected chi connectivity index (χ1v) is 8.10. The number of halogens is 1. The van der Waals surface area contributed by atoms with Gasteiger partial charge in [0.05, 0.1) is 0 Å². The number of nitrogens with one attached hydrogen (secondary N) is 1. The maximum atomic E-state index is 6.17. The lowest BCUT2D eigenvalue weighted by atomic mass is 10.2. The molecule has 7 heteroatoms. The summed E-state index contributed by atoms with van der Waals surface area (Å²) in [5.41, 5.74) is 3.59. The Kier molecular flexibility index (Phi) is 4.07. The Labute approximate surface area is 129 Å². The van der Waals surface area contributed by atoms with Gasteiger partial charge in [0.15, 0.2) is 0 Å². The fourth-order valence-corrected chi connectivity index (χ4v) is 3.89. The van der Waals surface area contributed by atoms with E-state index in [0.717, 1.165) is 31.6 Å². The Hall–Kier alpha value is -1.34. The molecule has 4 nitrogen and oxygen atoms in total. The van der Waals surface area contributed by atoms with Crippen molar-refractivity contribution >= 4 is 50.9 Å². The first-order valence-electron chi connectivity index (χ1n) is 5.86. The number of hydrogen-bond acceptors (Lipinski definition) is 6. The zero-order chi connectivity index (χ0) is 13.9. The average molecular weight is 323 g/mol. The van der Waals surface area contributed by atoms with Crippen LogP contribution in [0.4, 0.5) is 5.95 Å². The number of thioether (sulfide) groups is 1. The Morgan fingerprint density at radius 1 is 1.25 bits per heavy atom. The lowest BCUT2D eigenvalue weighted by Gasteiger charge is -2.06. The predicted octanol–water partition coefficient (Wildman–Crippen LogP) is 3.92. The molecule has 0 unspecified atom stereocenters. The van der Waals surface area contributed by atoms with Crippen molar-refractivity contribution in [1.29, 1.82) is 0 Å². The van der Waals surface area contributed by atoms with Gasteiger partial charge >= 0.3 is 0 Å². The van der Waals surface area contributed by atoms with Crippen molar-refractivity contribution in [3.8, 4) is 0 Å². The van der Waals surface area contributed by atoms with Crippen LogP contribution >= 0.6 is 34.7 Å². The molecule has 3 aromatic rings. The van der Waals surface area contributed by atoms with Crippen LogP contribution in [0.15, 0.2) is 40.7 Å². The molecule has 3 N–H and O–H groups in total. The summed E-state index contributed by atoms with van der Waals surface area (Å²) < 4.78 is 0. The molecule has 20 heavy (non-hydrogen) atoms. The number of fused-ring (bicyclic) bond motifs is 1. The highest BCUT2D eigenvalue weighted by Gasteiger charge is 2.10. The smallest absolute Gasteiger partial charge is 0.239 e. The van der Waals surface area contributed by atoms with E-state index in [0.29, 0.717) is 5.95 Å². The molecule has 0 amide bonds. The highest BCUT2D eigenvalue weighted by Crippen LogP contribution is 2.32. The van der Waals surface area contributed by atoms with Crippen molar-refractivity contribution in [2.45, 2.75) is 10.8 Å². The second-order valence-corrected chi connectivity index (χ2v) is 6.28. The van der Waals surface area contributed by atoms with Crippen LogP contribution in [0.3, 0.4) is 0 Å². The van der Waals surface area contributed by atoms with Crippen molar-refractivity contribution < 1.29 is 0 Å². The van der Waals surface area contributed by atoms with Crippen LogP contribution in [0.25, 0.3) is 10.2 Å². The van der Waals surface area contributed by atoms with Gasteiger partial charge in [-0.1, -0.05) is 29.8 Å². The van der Waals surface area contributed by atoms with E-state index >= 15 is 0 Å². The van der Waals surface area contributed by atoms with Crippen LogP contribution in [-0.4, -0.2) is 9.97 Å². The van der Waals surface area contributed by atoms with Crippen molar-refractivity contribution in [3.05, 3.63) is 46.3 Å². The van der Waals surface area contributed by atoms with Crippen LogP contribution in [0.1, 0.15) is 5.56 Å². The quantitative estimate of drug-likeness (QED) is 0.330. The number of hydrazine groups is 1. The monoisotopic (exact) mass is 322 g/mol. The van der Waals surface area contributed by atoms with E-state index in [1.54, 1.807) is 23.1 Å². The summed E-state index contributed by atoms with van der Waals surface area (Å²) in [6.07, 6.45) is 0. The molecule has 0 aliphatic heterocycles. The van der Waals surface area contributed by atoms with Gasteiger partial charge in [0.2, 0.25) is 5.95 Å². The number of thiophene rings is 1. The topological polar surface area (TPSA) is 63.8 Å². The molecule has 0 aliphatic carbocycles. The highest BCUT2D eigenvalue weighted by molar-refractivity contribution is 7.98. The summed E-state index contributed by atoms with van der Waals surface area (Å²) >= 11 is 9.37. The molecule has 2 heterocycles. The van der Waals surface area contributed by atoms with Gasteiger partial charge < -0.3 is 0 Å². The van der Waals surface area contributed by atoms with E-state index in [1.165, 1.54) is 0 Å². The van der Waals surface area contributed by atoms with Crippen LogP contribution in [0, 0.1) is 0 Å². The van der Waals surface area contributed by atoms with E-state index in [1.807, 2.05) is 35.7 Å². The number of rotatable bonds is 4. The summed E-state index contributed by atoms with van der Waals surface area (Å²) in [6, 6.07) is 9.84. The molecule has 1 aromatic carbocycles. The molecular weight excluding hydrogens is 312 g/mol. The van der Waals surface area contributed by atoms with E-state index < -0.39 is 0 Å². The molecule has 3 rings (SSSR count). The third-order valence-corrected chi connectivity index (χ3v) is 4.96. The Morgan fingerprint density at radius 3 is 2.90 bits per heavy atom. The molecule has 0 fully saturated rings. The maximum Gasteiger partial charge on any atom is 0.239 e. The molecule has 0 saturated heterocycles. The lowest BCUT2D eigenvalue weighted by Crippen LogP contribution is -2.10. The van der Waals surface area contributed by atoms with Gasteiger partial charge in [-0.05, 0) is 23.1 Å². The largest absolute Gasteiger partial charge is 0.292 e. The van der Waals surface area contributed by atoms with Gasteiger partial charge in [-0.15, -0.1) is 23.1 Å². The fraction of sp³-hybridized carbons (Fsp3) is 0.0769. The highest BCUT2D eigenvalue weighted by atomic mass is 35.5. The Bertz CT molecular complexity index is 744. The minimum Gasteiger partial charge on any atom is -0.292 e. The van der Waals surface area contributed by atoms with Gasteiger partial charge in [0, 0.05) is 16.2 Å². The fourth-order valence-electron chi connectivity index (χ4n) is 1.76. The molecule has 2 aromatic heterocycles. The lowest BCUT2D eigenvalue weighted by molar-refractivity contribution is 1.08. The summed E-state index contributed by atoms with van der Waals surface area (Å²) in [5, 5.41) is 4.72. The number of nitrogens with zero attached hydrogens (tertiary/aromatic N) is 2. The summed E-state index contributed by atoms with van der Waals surface area (Å²) in [5.74, 6) is 6.60. The number of aromatic nitrogens is 2. The van der Waals surface area contributed by atoms with Gasteiger partial charge in [0.25, 0.3) is 0 Å². The molecule has 0 spiro atoms. The van der Waals surface area contributed by atoms with Gasteiger partial charge in [-0.2, -0.15) is 0 Å². The van der Waals surface area contributed by atoms with Crippen LogP contribution < -0.4 is 11.3 Å². The molecule has 0 aliphatic rings.